The first-order chi connectivity index (χ1) is 12.1. The second-order valence-electron chi connectivity index (χ2n) is 7.10. The number of rotatable bonds is 3. The molecule has 1 aliphatic heterocycles. The predicted molar refractivity (Wildman–Crippen MR) is 102 cm³/mol. The Balaban J connectivity index is 1.36. The number of anilines is 1. The monoisotopic (exact) mass is 354 g/mol. The number of hydrogen-bond acceptors (Lipinski definition) is 2. The Kier molecular flexibility index (Phi) is 4.43. The van der Waals surface area contributed by atoms with Gasteiger partial charge in [-0.1, -0.05) is 48.0 Å². The number of aryl methyl sites for hydroxylation is 1. The third-order valence-corrected chi connectivity index (χ3v) is 5.67. The van der Waals surface area contributed by atoms with E-state index in [2.05, 4.69) is 42.2 Å². The molecule has 3 nitrogen and oxygen atoms in total. The van der Waals surface area contributed by atoms with Gasteiger partial charge in [0.05, 0.1) is 0 Å². The normalized spacial score (nSPS) is 22.8. The Bertz CT molecular complexity index is 769. The van der Waals surface area contributed by atoms with Gasteiger partial charge in [0, 0.05) is 42.8 Å². The van der Waals surface area contributed by atoms with Gasteiger partial charge in [0.1, 0.15) is 0 Å². The maximum absolute atomic E-state index is 12.8. The van der Waals surface area contributed by atoms with Crippen LogP contribution in [0, 0.1) is 12.8 Å². The van der Waals surface area contributed by atoms with Gasteiger partial charge in [-0.2, -0.15) is 0 Å². The van der Waals surface area contributed by atoms with Crippen LogP contribution in [0.25, 0.3) is 0 Å². The first-order valence-electron chi connectivity index (χ1n) is 8.98. The Morgan fingerprint density at radius 2 is 1.76 bits per heavy atom. The van der Waals surface area contributed by atoms with Crippen LogP contribution in [0.15, 0.2) is 48.5 Å². The number of benzene rings is 2. The molecule has 130 valence electrons. The molecular weight excluding hydrogens is 332 g/mol. The summed E-state index contributed by atoms with van der Waals surface area (Å²) in [4.78, 5) is 17.2. The largest absolute Gasteiger partial charge is 0.368 e. The van der Waals surface area contributed by atoms with Gasteiger partial charge in [0.2, 0.25) is 5.91 Å². The summed E-state index contributed by atoms with van der Waals surface area (Å²) in [6.45, 7) is 5.44. The molecule has 0 spiro atoms. The molecule has 4 rings (SSSR count). The number of hydrogen-bond donors (Lipinski definition) is 0. The molecule has 25 heavy (non-hydrogen) atoms. The van der Waals surface area contributed by atoms with E-state index in [1.165, 1.54) is 16.8 Å². The standard InChI is InChI=1S/C21H23ClN2O/c1-15-7-8-17(22)13-20(15)23-9-11-24(12-10-23)21(25)19-14-18(19)16-5-3-2-4-6-16/h2-8,13,18-19H,9-12,14H2,1H3. The van der Waals surface area contributed by atoms with E-state index in [1.54, 1.807) is 0 Å². The molecule has 1 aliphatic carbocycles. The van der Waals surface area contributed by atoms with Crippen molar-refractivity contribution < 1.29 is 4.79 Å². The molecule has 0 bridgehead atoms. The summed E-state index contributed by atoms with van der Waals surface area (Å²) in [5.74, 6) is 0.931. The fourth-order valence-corrected chi connectivity index (χ4v) is 4.03. The first kappa shape index (κ1) is 16.5. The molecule has 2 atom stereocenters. The van der Waals surface area contributed by atoms with Crippen molar-refractivity contribution in [2.24, 2.45) is 5.92 Å². The predicted octanol–water partition coefficient (Wildman–Crippen LogP) is 4.10. The van der Waals surface area contributed by atoms with Crippen LogP contribution in [0.2, 0.25) is 5.02 Å². The third-order valence-electron chi connectivity index (χ3n) is 5.44. The van der Waals surface area contributed by atoms with Crippen LogP contribution in [0.1, 0.15) is 23.5 Å². The van der Waals surface area contributed by atoms with E-state index in [1.807, 2.05) is 23.1 Å². The second kappa shape index (κ2) is 6.72. The summed E-state index contributed by atoms with van der Waals surface area (Å²) in [7, 11) is 0. The van der Waals surface area contributed by atoms with Gasteiger partial charge in [-0.3, -0.25) is 4.79 Å². The Morgan fingerprint density at radius 1 is 1.04 bits per heavy atom. The highest BCUT2D eigenvalue weighted by Crippen LogP contribution is 2.48. The number of nitrogens with zero attached hydrogens (tertiary/aromatic N) is 2. The zero-order valence-corrected chi connectivity index (χ0v) is 15.2. The SMILES string of the molecule is Cc1ccc(Cl)cc1N1CCN(C(=O)C2CC2c2ccccc2)CC1. The minimum absolute atomic E-state index is 0.182. The molecule has 4 heteroatoms. The average Bonchev–Trinajstić information content (AvgIpc) is 3.45. The molecule has 2 aromatic rings. The molecule has 1 heterocycles. The molecule has 2 aromatic carbocycles. The van der Waals surface area contributed by atoms with Crippen LogP contribution in [-0.2, 0) is 4.79 Å². The van der Waals surface area contributed by atoms with Crippen molar-refractivity contribution in [1.29, 1.82) is 0 Å². The quantitative estimate of drug-likeness (QED) is 0.828. The minimum Gasteiger partial charge on any atom is -0.368 e. The topological polar surface area (TPSA) is 23.6 Å². The first-order valence-corrected chi connectivity index (χ1v) is 9.36. The van der Waals surface area contributed by atoms with Crippen molar-refractivity contribution in [2.45, 2.75) is 19.3 Å². The van der Waals surface area contributed by atoms with Crippen LogP contribution in [0.3, 0.4) is 0 Å². The molecule has 0 aromatic heterocycles. The van der Waals surface area contributed by atoms with E-state index >= 15 is 0 Å². The third kappa shape index (κ3) is 3.38. The smallest absolute Gasteiger partial charge is 0.226 e. The van der Waals surface area contributed by atoms with Gasteiger partial charge < -0.3 is 9.80 Å². The summed E-state index contributed by atoms with van der Waals surface area (Å²) >= 11 is 6.15. The van der Waals surface area contributed by atoms with Crippen molar-refractivity contribution in [3.8, 4) is 0 Å². The Hall–Kier alpha value is -2.00. The molecular formula is C21H23ClN2O. The number of carbonyl (C=O) groups excluding carboxylic acids is 1. The molecule has 0 N–H and O–H groups in total. The highest BCUT2D eigenvalue weighted by molar-refractivity contribution is 6.30. The second-order valence-corrected chi connectivity index (χ2v) is 7.54. The van der Waals surface area contributed by atoms with Crippen LogP contribution in [-0.4, -0.2) is 37.0 Å². The van der Waals surface area contributed by atoms with Crippen molar-refractivity contribution in [2.75, 3.05) is 31.1 Å². The fraction of sp³-hybridized carbons (Fsp3) is 0.381. The van der Waals surface area contributed by atoms with Crippen LogP contribution < -0.4 is 4.90 Å². The van der Waals surface area contributed by atoms with Crippen molar-refractivity contribution in [1.82, 2.24) is 4.90 Å². The number of carbonyl (C=O) groups is 1. The van der Waals surface area contributed by atoms with Crippen LogP contribution in [0.4, 0.5) is 5.69 Å². The Labute approximate surface area is 154 Å². The zero-order valence-electron chi connectivity index (χ0n) is 14.5. The van der Waals surface area contributed by atoms with Gasteiger partial charge in [0.25, 0.3) is 0 Å². The maximum atomic E-state index is 12.8. The lowest BCUT2D eigenvalue weighted by molar-refractivity contribution is -0.132. The lowest BCUT2D eigenvalue weighted by Crippen LogP contribution is -2.49. The lowest BCUT2D eigenvalue weighted by atomic mass is 10.1. The number of amides is 1. The molecule has 2 unspecified atom stereocenters. The summed E-state index contributed by atoms with van der Waals surface area (Å²) < 4.78 is 0. The highest BCUT2D eigenvalue weighted by atomic mass is 35.5. The zero-order chi connectivity index (χ0) is 17.4. The van der Waals surface area contributed by atoms with E-state index in [4.69, 9.17) is 11.6 Å². The van der Waals surface area contributed by atoms with Gasteiger partial charge in [0.15, 0.2) is 0 Å². The average molecular weight is 355 g/mol. The van der Waals surface area contributed by atoms with Crippen molar-refractivity contribution in [3.05, 3.63) is 64.7 Å². The maximum Gasteiger partial charge on any atom is 0.226 e. The fourth-order valence-electron chi connectivity index (χ4n) is 3.86. The molecule has 0 radical (unpaired) electrons. The summed E-state index contributed by atoms with van der Waals surface area (Å²) in [6, 6.07) is 16.4. The number of halogens is 1. The van der Waals surface area contributed by atoms with E-state index < -0.39 is 0 Å². The Morgan fingerprint density at radius 3 is 2.48 bits per heavy atom. The molecule has 2 fully saturated rings. The number of piperazine rings is 1. The van der Waals surface area contributed by atoms with Gasteiger partial charge in [-0.05, 0) is 42.5 Å². The van der Waals surface area contributed by atoms with Crippen molar-refractivity contribution >= 4 is 23.2 Å². The van der Waals surface area contributed by atoms with Crippen LogP contribution in [0.5, 0.6) is 0 Å². The van der Waals surface area contributed by atoms with Gasteiger partial charge in [-0.15, -0.1) is 0 Å². The van der Waals surface area contributed by atoms with E-state index in [0.717, 1.165) is 37.6 Å². The summed E-state index contributed by atoms with van der Waals surface area (Å²) in [6.07, 6.45) is 0.996. The molecule has 2 aliphatic rings. The lowest BCUT2D eigenvalue weighted by Gasteiger charge is -2.37. The summed E-state index contributed by atoms with van der Waals surface area (Å²) in [5, 5.41) is 0.766. The molecule has 1 amide bonds. The van der Waals surface area contributed by atoms with Gasteiger partial charge >= 0.3 is 0 Å². The molecule has 1 saturated heterocycles. The van der Waals surface area contributed by atoms with E-state index in [0.29, 0.717) is 11.8 Å². The van der Waals surface area contributed by atoms with Crippen molar-refractivity contribution in [3.63, 3.8) is 0 Å². The van der Waals surface area contributed by atoms with E-state index in [-0.39, 0.29) is 5.92 Å². The summed E-state index contributed by atoms with van der Waals surface area (Å²) in [5.41, 5.74) is 3.72. The van der Waals surface area contributed by atoms with Crippen LogP contribution >= 0.6 is 11.6 Å². The van der Waals surface area contributed by atoms with E-state index in [9.17, 15) is 4.79 Å². The van der Waals surface area contributed by atoms with Gasteiger partial charge in [-0.25, -0.2) is 0 Å². The highest BCUT2D eigenvalue weighted by Gasteiger charge is 2.45. The minimum atomic E-state index is 0.182. The molecule has 1 saturated carbocycles.